The summed E-state index contributed by atoms with van der Waals surface area (Å²) in [6.07, 6.45) is 2.90. The molecule has 0 spiro atoms. The van der Waals surface area contributed by atoms with Gasteiger partial charge in [-0.2, -0.15) is 5.10 Å². The number of fused-ring (bicyclic) bond motifs is 2. The van der Waals surface area contributed by atoms with Crippen LogP contribution in [0.25, 0.3) is 21.0 Å². The maximum absolute atomic E-state index is 13.6. The molecule has 2 aromatic heterocycles. The molecule has 0 saturated carbocycles. The van der Waals surface area contributed by atoms with Crippen molar-refractivity contribution in [2.45, 2.75) is 25.3 Å². The average Bonchev–Trinajstić information content (AvgIpc) is 3.20. The van der Waals surface area contributed by atoms with Crippen molar-refractivity contribution in [3.05, 3.63) is 69.6 Å². The van der Waals surface area contributed by atoms with Gasteiger partial charge in [0, 0.05) is 19.0 Å². The zero-order valence-electron chi connectivity index (χ0n) is 16.0. The Bertz CT molecular complexity index is 1260. The largest absolute Gasteiger partial charge is 0.328 e. The lowest BCUT2D eigenvalue weighted by Crippen LogP contribution is -2.40. The molecule has 0 radical (unpaired) electrons. The van der Waals surface area contributed by atoms with Gasteiger partial charge in [-0.15, -0.1) is 11.3 Å². The Morgan fingerprint density at radius 1 is 1.07 bits per heavy atom. The number of rotatable bonds is 2. The number of para-hydroxylation sites is 1. The molecule has 2 aromatic carbocycles. The number of likely N-dealkylation sites (tertiary alicyclic amines) is 1. The zero-order valence-corrected chi connectivity index (χ0v) is 16.9. The number of nitrogens with zero attached hydrogens (tertiary/aromatic N) is 4. The molecule has 1 amide bonds. The molecule has 3 heterocycles. The first-order valence-corrected chi connectivity index (χ1v) is 10.6. The van der Waals surface area contributed by atoms with Crippen LogP contribution in [0.5, 0.6) is 0 Å². The van der Waals surface area contributed by atoms with E-state index in [0.717, 1.165) is 34.5 Å². The van der Waals surface area contributed by atoms with Crippen LogP contribution in [0.2, 0.25) is 0 Å². The van der Waals surface area contributed by atoms with Crippen LogP contribution in [-0.2, 0) is 7.05 Å². The fourth-order valence-corrected chi connectivity index (χ4v) is 5.17. The van der Waals surface area contributed by atoms with Crippen molar-refractivity contribution in [3.8, 4) is 0 Å². The molecule has 1 saturated heterocycles. The standard InChI is InChI=1S/C22H20N4O2S/c1-25-21(27)15-9-3-2-8-14(15)19(24-25)22(28)26-13-7-6-11-17(26)20-23-16-10-4-5-12-18(16)29-20/h2-5,8-10,12,17H,6-7,11,13H2,1H3/t17-/m0/s1. The Morgan fingerprint density at radius 3 is 2.66 bits per heavy atom. The number of carbonyl (C=O) groups excluding carboxylic acids is 1. The van der Waals surface area contributed by atoms with Crippen LogP contribution in [0.4, 0.5) is 0 Å². The molecule has 29 heavy (non-hydrogen) atoms. The van der Waals surface area contributed by atoms with E-state index in [9.17, 15) is 9.59 Å². The Morgan fingerprint density at radius 2 is 1.83 bits per heavy atom. The Kier molecular flexibility index (Phi) is 4.39. The van der Waals surface area contributed by atoms with E-state index in [1.165, 1.54) is 4.68 Å². The molecule has 6 nitrogen and oxygen atoms in total. The summed E-state index contributed by atoms with van der Waals surface area (Å²) >= 11 is 1.65. The molecule has 1 fully saturated rings. The van der Waals surface area contributed by atoms with Crippen LogP contribution in [0.1, 0.15) is 40.8 Å². The van der Waals surface area contributed by atoms with E-state index in [2.05, 4.69) is 11.2 Å². The van der Waals surface area contributed by atoms with E-state index in [0.29, 0.717) is 23.0 Å². The molecule has 0 bridgehead atoms. The number of aryl methyl sites for hydroxylation is 1. The van der Waals surface area contributed by atoms with Gasteiger partial charge in [0.2, 0.25) is 0 Å². The maximum atomic E-state index is 13.6. The van der Waals surface area contributed by atoms with Gasteiger partial charge in [-0.05, 0) is 37.5 Å². The molecule has 146 valence electrons. The summed E-state index contributed by atoms with van der Waals surface area (Å²) in [6.45, 7) is 0.665. The van der Waals surface area contributed by atoms with Crippen LogP contribution < -0.4 is 5.56 Å². The normalized spacial score (nSPS) is 17.1. The van der Waals surface area contributed by atoms with Crippen molar-refractivity contribution in [1.82, 2.24) is 19.7 Å². The summed E-state index contributed by atoms with van der Waals surface area (Å²) in [5, 5.41) is 6.43. The van der Waals surface area contributed by atoms with Crippen LogP contribution in [0.15, 0.2) is 53.3 Å². The number of hydrogen-bond donors (Lipinski definition) is 0. The van der Waals surface area contributed by atoms with E-state index in [-0.39, 0.29) is 17.5 Å². The van der Waals surface area contributed by atoms with Crippen molar-refractivity contribution in [2.75, 3.05) is 6.54 Å². The van der Waals surface area contributed by atoms with Crippen LogP contribution in [-0.4, -0.2) is 32.1 Å². The van der Waals surface area contributed by atoms with Gasteiger partial charge in [0.05, 0.1) is 21.6 Å². The third-order valence-corrected chi connectivity index (χ3v) is 6.66. The summed E-state index contributed by atoms with van der Waals surface area (Å²) in [4.78, 5) is 32.7. The second kappa shape index (κ2) is 7.08. The van der Waals surface area contributed by atoms with E-state index in [1.54, 1.807) is 30.5 Å². The molecule has 1 atom stereocenters. The summed E-state index contributed by atoms with van der Waals surface area (Å²) < 4.78 is 2.39. The molecule has 0 N–H and O–H groups in total. The lowest BCUT2D eigenvalue weighted by molar-refractivity contribution is 0.0605. The first-order chi connectivity index (χ1) is 14.1. The number of amides is 1. The van der Waals surface area contributed by atoms with Gasteiger partial charge in [-0.1, -0.05) is 30.3 Å². The Hall–Kier alpha value is -3.06. The van der Waals surface area contributed by atoms with E-state index in [4.69, 9.17) is 4.98 Å². The molecule has 0 aliphatic carbocycles. The minimum Gasteiger partial charge on any atom is -0.328 e. The second-order valence-electron chi connectivity index (χ2n) is 7.35. The quantitative estimate of drug-likeness (QED) is 0.508. The summed E-state index contributed by atoms with van der Waals surface area (Å²) in [7, 11) is 1.59. The molecular weight excluding hydrogens is 384 g/mol. The molecule has 7 heteroatoms. The van der Waals surface area contributed by atoms with Crippen molar-refractivity contribution in [1.29, 1.82) is 0 Å². The van der Waals surface area contributed by atoms with E-state index >= 15 is 0 Å². The van der Waals surface area contributed by atoms with Gasteiger partial charge in [0.15, 0.2) is 5.69 Å². The lowest BCUT2D eigenvalue weighted by Gasteiger charge is -2.34. The SMILES string of the molecule is Cn1nc(C(=O)N2CCCC[C@H]2c2nc3ccccc3s2)c2ccccc2c1=O. The predicted molar refractivity (Wildman–Crippen MR) is 114 cm³/mol. The highest BCUT2D eigenvalue weighted by molar-refractivity contribution is 7.18. The van der Waals surface area contributed by atoms with Gasteiger partial charge < -0.3 is 4.90 Å². The molecule has 5 rings (SSSR count). The van der Waals surface area contributed by atoms with Crippen molar-refractivity contribution >= 4 is 38.2 Å². The maximum Gasteiger partial charge on any atom is 0.275 e. The van der Waals surface area contributed by atoms with Gasteiger partial charge in [-0.3, -0.25) is 9.59 Å². The fourth-order valence-electron chi connectivity index (χ4n) is 4.06. The minimum absolute atomic E-state index is 0.0635. The Labute approximate surface area is 171 Å². The number of benzene rings is 2. The Balaban J connectivity index is 1.60. The number of hydrogen-bond acceptors (Lipinski definition) is 5. The summed E-state index contributed by atoms with van der Waals surface area (Å²) in [5.74, 6) is -0.138. The van der Waals surface area contributed by atoms with Gasteiger partial charge in [0.25, 0.3) is 11.5 Å². The van der Waals surface area contributed by atoms with Crippen molar-refractivity contribution in [3.63, 3.8) is 0 Å². The van der Waals surface area contributed by atoms with E-state index < -0.39 is 0 Å². The van der Waals surface area contributed by atoms with Gasteiger partial charge in [-0.25, -0.2) is 9.67 Å². The van der Waals surface area contributed by atoms with Gasteiger partial charge >= 0.3 is 0 Å². The third kappa shape index (κ3) is 3.02. The average molecular weight is 404 g/mol. The molecule has 4 aromatic rings. The minimum atomic E-state index is -0.196. The van der Waals surface area contributed by atoms with Crippen molar-refractivity contribution in [2.24, 2.45) is 7.05 Å². The topological polar surface area (TPSA) is 68.1 Å². The van der Waals surface area contributed by atoms with Crippen LogP contribution >= 0.6 is 11.3 Å². The highest BCUT2D eigenvalue weighted by atomic mass is 32.1. The fraction of sp³-hybridized carbons (Fsp3) is 0.273. The van der Waals surface area contributed by atoms with Gasteiger partial charge in [0.1, 0.15) is 5.01 Å². The lowest BCUT2D eigenvalue weighted by atomic mass is 10.0. The molecule has 1 aliphatic heterocycles. The monoisotopic (exact) mass is 404 g/mol. The van der Waals surface area contributed by atoms with Crippen LogP contribution in [0.3, 0.4) is 0 Å². The smallest absolute Gasteiger partial charge is 0.275 e. The first-order valence-electron chi connectivity index (χ1n) is 9.76. The van der Waals surface area contributed by atoms with Crippen LogP contribution in [0, 0.1) is 0 Å². The molecular formula is C22H20N4O2S. The highest BCUT2D eigenvalue weighted by Crippen LogP contribution is 2.36. The number of thiazole rings is 1. The summed E-state index contributed by atoms with van der Waals surface area (Å²) in [5.41, 5.74) is 1.10. The zero-order chi connectivity index (χ0) is 20.0. The predicted octanol–water partition coefficient (Wildman–Crippen LogP) is 3.91. The van der Waals surface area contributed by atoms with E-state index in [1.807, 2.05) is 35.2 Å². The van der Waals surface area contributed by atoms with Crippen molar-refractivity contribution < 1.29 is 4.79 Å². The molecule has 0 unspecified atom stereocenters. The molecule has 1 aliphatic rings. The third-order valence-electron chi connectivity index (χ3n) is 5.52. The highest BCUT2D eigenvalue weighted by Gasteiger charge is 2.32. The number of piperidine rings is 1. The number of carbonyl (C=O) groups is 1. The number of aromatic nitrogens is 3. The first kappa shape index (κ1) is 18.0. The summed E-state index contributed by atoms with van der Waals surface area (Å²) in [6, 6.07) is 15.2. The second-order valence-corrected chi connectivity index (χ2v) is 8.42.